The first-order valence-electron chi connectivity index (χ1n) is 7.40. The zero-order valence-corrected chi connectivity index (χ0v) is 15.4. The Labute approximate surface area is 150 Å². The molecule has 1 aromatic rings. The summed E-state index contributed by atoms with van der Waals surface area (Å²) in [4.78, 5) is 26.7. The van der Waals surface area contributed by atoms with Crippen molar-refractivity contribution >= 4 is 46.8 Å². The molecule has 0 aliphatic carbocycles. The molecule has 0 aromatic heterocycles. The number of nitrogens with zero attached hydrogens (tertiary/aromatic N) is 1. The predicted molar refractivity (Wildman–Crippen MR) is 93.1 cm³/mol. The number of halogens is 2. The van der Waals surface area contributed by atoms with Gasteiger partial charge in [-0.15, -0.1) is 11.8 Å². The van der Waals surface area contributed by atoms with E-state index in [1.165, 1.54) is 18.9 Å². The molecule has 1 fully saturated rings. The van der Waals surface area contributed by atoms with Gasteiger partial charge in [0.1, 0.15) is 0 Å². The molecule has 1 aromatic carbocycles. The van der Waals surface area contributed by atoms with Crippen LogP contribution in [0.4, 0.5) is 0 Å². The SMILES string of the molecule is COC(=O)C1CCN(C(=O)C(C)Sc2cc(Cl)ccc2Cl)CC1. The number of piperidine rings is 1. The summed E-state index contributed by atoms with van der Waals surface area (Å²) in [5, 5.41) is 0.916. The molecule has 4 nitrogen and oxygen atoms in total. The van der Waals surface area contributed by atoms with E-state index in [1.807, 2.05) is 6.92 Å². The Morgan fingerprint density at radius 3 is 2.57 bits per heavy atom. The number of carbonyl (C=O) groups is 2. The number of esters is 1. The zero-order valence-electron chi connectivity index (χ0n) is 13.1. The molecule has 1 atom stereocenters. The van der Waals surface area contributed by atoms with Crippen LogP contribution in [0, 0.1) is 5.92 Å². The van der Waals surface area contributed by atoms with Crippen LogP contribution in [0.2, 0.25) is 10.0 Å². The number of thioether (sulfide) groups is 1. The summed E-state index contributed by atoms with van der Waals surface area (Å²) in [6.07, 6.45) is 1.29. The first-order valence-corrected chi connectivity index (χ1v) is 9.04. The lowest BCUT2D eigenvalue weighted by Crippen LogP contribution is -2.43. The van der Waals surface area contributed by atoms with Gasteiger partial charge in [0, 0.05) is 23.0 Å². The summed E-state index contributed by atoms with van der Waals surface area (Å²) >= 11 is 13.5. The second-order valence-electron chi connectivity index (χ2n) is 5.46. The lowest BCUT2D eigenvalue weighted by Gasteiger charge is -2.32. The molecule has 126 valence electrons. The molecule has 1 saturated heterocycles. The topological polar surface area (TPSA) is 46.6 Å². The number of likely N-dealkylation sites (tertiary alicyclic amines) is 1. The molecule has 1 unspecified atom stereocenters. The normalized spacial score (nSPS) is 17.0. The van der Waals surface area contributed by atoms with Crippen molar-refractivity contribution in [3.05, 3.63) is 28.2 Å². The van der Waals surface area contributed by atoms with E-state index < -0.39 is 0 Å². The van der Waals surface area contributed by atoms with E-state index in [0.717, 1.165) is 4.90 Å². The van der Waals surface area contributed by atoms with Crippen molar-refractivity contribution in [2.45, 2.75) is 29.9 Å². The van der Waals surface area contributed by atoms with E-state index in [1.54, 1.807) is 23.1 Å². The summed E-state index contributed by atoms with van der Waals surface area (Å²) in [6.45, 7) is 3.01. The minimum Gasteiger partial charge on any atom is -0.469 e. The second-order valence-corrected chi connectivity index (χ2v) is 7.68. The Bertz CT molecular complexity index is 589. The van der Waals surface area contributed by atoms with Crippen molar-refractivity contribution < 1.29 is 14.3 Å². The van der Waals surface area contributed by atoms with Gasteiger partial charge in [0.05, 0.1) is 23.3 Å². The highest BCUT2D eigenvalue weighted by atomic mass is 35.5. The summed E-state index contributed by atoms with van der Waals surface area (Å²) < 4.78 is 4.76. The highest BCUT2D eigenvalue weighted by Gasteiger charge is 2.30. The Hall–Kier alpha value is -0.910. The van der Waals surface area contributed by atoms with Crippen molar-refractivity contribution in [2.75, 3.05) is 20.2 Å². The van der Waals surface area contributed by atoms with Crippen molar-refractivity contribution in [1.82, 2.24) is 4.90 Å². The number of hydrogen-bond donors (Lipinski definition) is 0. The number of methoxy groups -OCH3 is 1. The van der Waals surface area contributed by atoms with Crippen LogP contribution in [-0.4, -0.2) is 42.2 Å². The number of amides is 1. The first kappa shape index (κ1) is 18.4. The quantitative estimate of drug-likeness (QED) is 0.591. The molecule has 2 rings (SSSR count). The molecule has 0 bridgehead atoms. The van der Waals surface area contributed by atoms with Crippen molar-refractivity contribution in [1.29, 1.82) is 0 Å². The van der Waals surface area contributed by atoms with E-state index >= 15 is 0 Å². The summed E-state index contributed by atoms with van der Waals surface area (Å²) in [7, 11) is 1.40. The Kier molecular flexibility index (Phi) is 6.62. The maximum absolute atomic E-state index is 12.6. The van der Waals surface area contributed by atoms with E-state index in [4.69, 9.17) is 27.9 Å². The monoisotopic (exact) mass is 375 g/mol. The third-order valence-electron chi connectivity index (χ3n) is 3.89. The largest absolute Gasteiger partial charge is 0.469 e. The summed E-state index contributed by atoms with van der Waals surface area (Å²) in [6, 6.07) is 5.21. The molecule has 0 saturated carbocycles. The lowest BCUT2D eigenvalue weighted by molar-refractivity contribution is -0.148. The van der Waals surface area contributed by atoms with E-state index in [9.17, 15) is 9.59 Å². The van der Waals surface area contributed by atoms with Crippen LogP contribution < -0.4 is 0 Å². The smallest absolute Gasteiger partial charge is 0.308 e. The fourth-order valence-electron chi connectivity index (χ4n) is 2.57. The van der Waals surface area contributed by atoms with Gasteiger partial charge in [-0.05, 0) is 38.0 Å². The highest BCUT2D eigenvalue weighted by molar-refractivity contribution is 8.00. The second kappa shape index (κ2) is 8.27. The Morgan fingerprint density at radius 2 is 1.96 bits per heavy atom. The third-order valence-corrected chi connectivity index (χ3v) is 5.71. The maximum atomic E-state index is 12.6. The van der Waals surface area contributed by atoms with Gasteiger partial charge < -0.3 is 9.64 Å². The molecule has 0 N–H and O–H groups in total. The van der Waals surface area contributed by atoms with Crippen LogP contribution in [0.25, 0.3) is 0 Å². The van der Waals surface area contributed by atoms with Gasteiger partial charge >= 0.3 is 5.97 Å². The average molecular weight is 376 g/mol. The molecule has 1 amide bonds. The predicted octanol–water partition coefficient (Wildman–Crippen LogP) is 3.89. The van der Waals surface area contributed by atoms with E-state index in [0.29, 0.717) is 36.0 Å². The van der Waals surface area contributed by atoms with Gasteiger partial charge in [-0.25, -0.2) is 0 Å². The minimum absolute atomic E-state index is 0.0503. The van der Waals surface area contributed by atoms with Crippen LogP contribution in [0.1, 0.15) is 19.8 Å². The van der Waals surface area contributed by atoms with Gasteiger partial charge in [-0.1, -0.05) is 23.2 Å². The van der Waals surface area contributed by atoms with Crippen LogP contribution in [-0.2, 0) is 14.3 Å². The zero-order chi connectivity index (χ0) is 17.0. The fraction of sp³-hybridized carbons (Fsp3) is 0.500. The molecular weight excluding hydrogens is 357 g/mol. The number of ether oxygens (including phenoxy) is 1. The molecule has 0 spiro atoms. The first-order chi connectivity index (χ1) is 10.9. The van der Waals surface area contributed by atoms with Gasteiger partial charge in [-0.3, -0.25) is 9.59 Å². The Morgan fingerprint density at radius 1 is 1.30 bits per heavy atom. The van der Waals surface area contributed by atoms with Gasteiger partial charge in [-0.2, -0.15) is 0 Å². The van der Waals surface area contributed by atoms with Gasteiger partial charge in [0.2, 0.25) is 5.91 Å². The molecule has 0 radical (unpaired) electrons. The van der Waals surface area contributed by atoms with Crippen molar-refractivity contribution in [2.24, 2.45) is 5.92 Å². The molecule has 23 heavy (non-hydrogen) atoms. The lowest BCUT2D eigenvalue weighted by atomic mass is 9.97. The highest BCUT2D eigenvalue weighted by Crippen LogP contribution is 2.33. The van der Waals surface area contributed by atoms with Gasteiger partial charge in [0.15, 0.2) is 0 Å². The Balaban J connectivity index is 1.93. The van der Waals surface area contributed by atoms with Crippen LogP contribution in [0.5, 0.6) is 0 Å². The number of carbonyl (C=O) groups excluding carboxylic acids is 2. The molecule has 1 aliphatic rings. The molecule has 1 heterocycles. The van der Waals surface area contributed by atoms with E-state index in [2.05, 4.69) is 0 Å². The van der Waals surface area contributed by atoms with Crippen molar-refractivity contribution in [3.63, 3.8) is 0 Å². The molecular formula is C16H19Cl2NO3S. The minimum atomic E-state index is -0.263. The number of benzene rings is 1. The van der Waals surface area contributed by atoms with Gasteiger partial charge in [0.25, 0.3) is 0 Å². The van der Waals surface area contributed by atoms with Crippen LogP contribution in [0.3, 0.4) is 0 Å². The fourth-order valence-corrected chi connectivity index (χ4v) is 4.06. The summed E-state index contributed by atoms with van der Waals surface area (Å²) in [5.41, 5.74) is 0. The molecule has 1 aliphatic heterocycles. The third kappa shape index (κ3) is 4.78. The van der Waals surface area contributed by atoms with Crippen molar-refractivity contribution in [3.8, 4) is 0 Å². The van der Waals surface area contributed by atoms with Crippen LogP contribution in [0.15, 0.2) is 23.1 Å². The number of hydrogen-bond acceptors (Lipinski definition) is 4. The van der Waals surface area contributed by atoms with Crippen LogP contribution >= 0.6 is 35.0 Å². The summed E-state index contributed by atoms with van der Waals surface area (Å²) in [5.74, 6) is -0.242. The maximum Gasteiger partial charge on any atom is 0.308 e. The van der Waals surface area contributed by atoms with E-state index in [-0.39, 0.29) is 23.0 Å². The standard InChI is InChI=1S/C16H19Cl2NO3S/c1-10(23-14-9-12(17)3-4-13(14)18)15(20)19-7-5-11(6-8-19)16(21)22-2/h3-4,9-11H,5-8H2,1-2H3. The number of rotatable bonds is 4. The molecule has 7 heteroatoms. The average Bonchev–Trinajstić information content (AvgIpc) is 2.56.